The largest absolute Gasteiger partial charge is 0.378 e. The third-order valence-electron chi connectivity index (χ3n) is 5.84. The van der Waals surface area contributed by atoms with Gasteiger partial charge in [-0.3, -0.25) is 0 Å². The molecule has 3 aromatic heterocycles. The van der Waals surface area contributed by atoms with Gasteiger partial charge in [0.25, 0.3) is 0 Å². The van der Waals surface area contributed by atoms with Gasteiger partial charge in [0.05, 0.1) is 31.6 Å². The van der Waals surface area contributed by atoms with Gasteiger partial charge >= 0.3 is 0 Å². The summed E-state index contributed by atoms with van der Waals surface area (Å²) in [6.07, 6.45) is 3.69. The number of anilines is 1. The van der Waals surface area contributed by atoms with Gasteiger partial charge in [0, 0.05) is 31.0 Å². The minimum atomic E-state index is 0.0534. The van der Waals surface area contributed by atoms with Crippen molar-refractivity contribution < 1.29 is 9.47 Å². The minimum Gasteiger partial charge on any atom is -0.378 e. The second-order valence-corrected chi connectivity index (χ2v) is 7.75. The second kappa shape index (κ2) is 7.72. The predicted molar refractivity (Wildman–Crippen MR) is 116 cm³/mol. The molecule has 0 amide bonds. The number of morpholine rings is 1. The molecular weight excluding hydrogens is 392 g/mol. The number of ether oxygens (including phenoxy) is 2. The van der Waals surface area contributed by atoms with Crippen molar-refractivity contribution in [2.45, 2.75) is 12.6 Å². The van der Waals surface area contributed by atoms with Crippen LogP contribution in [-0.2, 0) is 16.1 Å². The van der Waals surface area contributed by atoms with Gasteiger partial charge in [-0.1, -0.05) is 30.3 Å². The molecule has 0 saturated carbocycles. The van der Waals surface area contributed by atoms with E-state index in [1.165, 1.54) is 5.56 Å². The van der Waals surface area contributed by atoms with Crippen molar-refractivity contribution >= 4 is 17.1 Å². The van der Waals surface area contributed by atoms with E-state index in [1.807, 2.05) is 30.6 Å². The molecule has 0 unspecified atom stereocenters. The third-order valence-corrected chi connectivity index (χ3v) is 5.84. The number of imidazole rings is 1. The lowest BCUT2D eigenvalue weighted by Crippen LogP contribution is -2.37. The van der Waals surface area contributed by atoms with Crippen molar-refractivity contribution in [2.24, 2.45) is 0 Å². The number of fused-ring (bicyclic) bond motifs is 3. The lowest BCUT2D eigenvalue weighted by Gasteiger charge is -2.26. The Morgan fingerprint density at radius 1 is 0.871 bits per heavy atom. The molecule has 6 rings (SSSR count). The van der Waals surface area contributed by atoms with E-state index in [-0.39, 0.29) is 6.04 Å². The zero-order chi connectivity index (χ0) is 20.6. The van der Waals surface area contributed by atoms with Crippen molar-refractivity contribution in [1.82, 2.24) is 24.5 Å². The Kier molecular flexibility index (Phi) is 4.58. The van der Waals surface area contributed by atoms with Crippen LogP contribution in [0.15, 0.2) is 54.9 Å². The fourth-order valence-electron chi connectivity index (χ4n) is 4.25. The van der Waals surface area contributed by atoms with Crippen LogP contribution in [0.4, 0.5) is 5.95 Å². The van der Waals surface area contributed by atoms with Crippen molar-refractivity contribution in [2.75, 3.05) is 37.8 Å². The molecule has 1 fully saturated rings. The van der Waals surface area contributed by atoms with E-state index < -0.39 is 0 Å². The van der Waals surface area contributed by atoms with Gasteiger partial charge in [-0.05, 0) is 17.7 Å². The first-order chi connectivity index (χ1) is 15.4. The van der Waals surface area contributed by atoms with Crippen molar-refractivity contribution in [1.29, 1.82) is 0 Å². The Morgan fingerprint density at radius 2 is 1.68 bits per heavy atom. The maximum Gasteiger partial charge on any atom is 0.225 e. The normalized spacial score (nSPS) is 18.8. The Hall–Kier alpha value is -3.36. The van der Waals surface area contributed by atoms with Gasteiger partial charge in [0.1, 0.15) is 17.9 Å². The first-order valence-corrected chi connectivity index (χ1v) is 10.5. The molecule has 8 heteroatoms. The Bertz CT molecular complexity index is 1200. The fraction of sp³-hybridized carbons (Fsp3) is 0.304. The molecule has 2 aliphatic heterocycles. The van der Waals surface area contributed by atoms with Crippen LogP contribution in [0.2, 0.25) is 0 Å². The molecule has 5 heterocycles. The molecule has 0 aliphatic carbocycles. The van der Waals surface area contributed by atoms with Crippen LogP contribution in [0.5, 0.6) is 0 Å². The highest BCUT2D eigenvalue weighted by molar-refractivity contribution is 5.76. The number of benzene rings is 1. The molecule has 0 bridgehead atoms. The summed E-state index contributed by atoms with van der Waals surface area (Å²) in [7, 11) is 0. The van der Waals surface area contributed by atoms with Crippen LogP contribution in [-0.4, -0.2) is 57.4 Å². The standard InChI is InChI=1S/C23H22N6O2/c1-2-4-16(5-3-1)20-14-31-15-21-26-19-7-6-18(27-22(19)29(20)21)17-12-24-23(25-13-17)28-8-10-30-11-9-28/h1-7,12-13,20H,8-11,14-15H2/t20-/m1/s1. The van der Waals surface area contributed by atoms with Crippen molar-refractivity contribution in [3.8, 4) is 11.3 Å². The summed E-state index contributed by atoms with van der Waals surface area (Å²) in [6, 6.07) is 14.4. The van der Waals surface area contributed by atoms with E-state index in [4.69, 9.17) is 19.4 Å². The van der Waals surface area contributed by atoms with E-state index in [2.05, 4.69) is 43.7 Å². The van der Waals surface area contributed by atoms with Gasteiger partial charge in [-0.25, -0.2) is 19.9 Å². The Morgan fingerprint density at radius 3 is 2.48 bits per heavy atom. The average Bonchev–Trinajstić information content (AvgIpc) is 3.23. The molecule has 0 spiro atoms. The van der Waals surface area contributed by atoms with Crippen LogP contribution in [0.3, 0.4) is 0 Å². The zero-order valence-electron chi connectivity index (χ0n) is 17.0. The minimum absolute atomic E-state index is 0.0534. The summed E-state index contributed by atoms with van der Waals surface area (Å²) in [5.74, 6) is 1.63. The van der Waals surface area contributed by atoms with Crippen LogP contribution < -0.4 is 4.90 Å². The summed E-state index contributed by atoms with van der Waals surface area (Å²) < 4.78 is 13.5. The second-order valence-electron chi connectivity index (χ2n) is 7.75. The maximum absolute atomic E-state index is 5.83. The van der Waals surface area contributed by atoms with Gasteiger partial charge in [-0.15, -0.1) is 0 Å². The fourth-order valence-corrected chi connectivity index (χ4v) is 4.25. The quantitative estimate of drug-likeness (QED) is 0.510. The molecule has 8 nitrogen and oxygen atoms in total. The van der Waals surface area contributed by atoms with Crippen molar-refractivity contribution in [3.63, 3.8) is 0 Å². The summed E-state index contributed by atoms with van der Waals surface area (Å²) in [5.41, 5.74) is 4.64. The van der Waals surface area contributed by atoms with Gasteiger partial charge in [-0.2, -0.15) is 0 Å². The first kappa shape index (κ1) is 18.4. The van der Waals surface area contributed by atoms with Crippen LogP contribution in [0, 0.1) is 0 Å². The smallest absolute Gasteiger partial charge is 0.225 e. The van der Waals surface area contributed by atoms with E-state index in [1.54, 1.807) is 0 Å². The van der Waals surface area contributed by atoms with Gasteiger partial charge in [0.2, 0.25) is 5.95 Å². The zero-order valence-corrected chi connectivity index (χ0v) is 17.0. The Labute approximate surface area is 179 Å². The molecule has 0 radical (unpaired) electrons. The number of hydrogen-bond acceptors (Lipinski definition) is 7. The summed E-state index contributed by atoms with van der Waals surface area (Å²) in [6.45, 7) is 4.14. The molecule has 2 aliphatic rings. The number of hydrogen-bond donors (Lipinski definition) is 0. The lowest BCUT2D eigenvalue weighted by atomic mass is 10.1. The number of aromatic nitrogens is 5. The summed E-state index contributed by atoms with van der Waals surface area (Å²) >= 11 is 0. The molecule has 1 saturated heterocycles. The highest BCUT2D eigenvalue weighted by Crippen LogP contribution is 2.31. The highest BCUT2D eigenvalue weighted by atomic mass is 16.5. The summed E-state index contributed by atoms with van der Waals surface area (Å²) in [5, 5.41) is 0. The Balaban J connectivity index is 1.38. The SMILES string of the molecule is c1ccc([C@H]2COCc3nc4ccc(-c5cnc(N6CCOCC6)nc5)nc4n32)cc1. The van der Waals surface area contributed by atoms with Gasteiger partial charge in [0.15, 0.2) is 5.65 Å². The third kappa shape index (κ3) is 3.34. The van der Waals surface area contributed by atoms with E-state index in [9.17, 15) is 0 Å². The molecule has 156 valence electrons. The average molecular weight is 414 g/mol. The predicted octanol–water partition coefficient (Wildman–Crippen LogP) is 2.84. The van der Waals surface area contributed by atoms with Crippen LogP contribution >= 0.6 is 0 Å². The number of nitrogens with zero attached hydrogens (tertiary/aromatic N) is 6. The van der Waals surface area contributed by atoms with Crippen LogP contribution in [0.25, 0.3) is 22.4 Å². The molecule has 31 heavy (non-hydrogen) atoms. The highest BCUT2D eigenvalue weighted by Gasteiger charge is 2.26. The number of pyridine rings is 1. The number of rotatable bonds is 3. The molecule has 1 atom stereocenters. The maximum atomic E-state index is 5.83. The topological polar surface area (TPSA) is 78.2 Å². The van der Waals surface area contributed by atoms with E-state index in [0.29, 0.717) is 26.4 Å². The van der Waals surface area contributed by atoms with Gasteiger partial charge < -0.3 is 18.9 Å². The molecule has 0 N–H and O–H groups in total. The van der Waals surface area contributed by atoms with E-state index >= 15 is 0 Å². The first-order valence-electron chi connectivity index (χ1n) is 10.5. The van der Waals surface area contributed by atoms with E-state index in [0.717, 1.165) is 47.3 Å². The lowest BCUT2D eigenvalue weighted by molar-refractivity contribution is 0.0677. The van der Waals surface area contributed by atoms with Crippen LogP contribution in [0.1, 0.15) is 17.4 Å². The monoisotopic (exact) mass is 414 g/mol. The van der Waals surface area contributed by atoms with Crippen molar-refractivity contribution in [3.05, 3.63) is 66.2 Å². The summed E-state index contributed by atoms with van der Waals surface area (Å²) in [4.78, 5) is 21.0. The molecule has 1 aromatic carbocycles. The molecular formula is C23H22N6O2. The molecule has 4 aromatic rings.